The topological polar surface area (TPSA) is 91.7 Å². The first kappa shape index (κ1) is 18.2. The Bertz CT molecular complexity index is 1080. The molecular formula is C19H19N3O5S. The molecule has 9 heteroatoms. The number of aromatic nitrogens is 2. The predicted molar refractivity (Wildman–Crippen MR) is 102 cm³/mol. The van der Waals surface area contributed by atoms with Gasteiger partial charge < -0.3 is 14.2 Å². The molecular weight excluding hydrogens is 382 g/mol. The van der Waals surface area contributed by atoms with E-state index in [2.05, 4.69) is 9.82 Å². The first-order valence-electron chi connectivity index (χ1n) is 8.61. The van der Waals surface area contributed by atoms with Gasteiger partial charge in [-0.1, -0.05) is 18.2 Å². The second-order valence-corrected chi connectivity index (χ2v) is 7.92. The van der Waals surface area contributed by atoms with Crippen LogP contribution in [0.25, 0.3) is 0 Å². The molecule has 1 unspecified atom stereocenters. The zero-order valence-electron chi connectivity index (χ0n) is 15.1. The van der Waals surface area contributed by atoms with Gasteiger partial charge in [-0.3, -0.25) is 9.40 Å². The number of nitrogens with zero attached hydrogens (tertiary/aromatic N) is 2. The van der Waals surface area contributed by atoms with E-state index in [-0.39, 0.29) is 11.0 Å². The number of hydrogen-bond acceptors (Lipinski definition) is 6. The fourth-order valence-corrected chi connectivity index (χ4v) is 3.92. The molecule has 8 nitrogen and oxygen atoms in total. The lowest BCUT2D eigenvalue weighted by Crippen LogP contribution is -2.33. The van der Waals surface area contributed by atoms with E-state index >= 15 is 0 Å². The highest BCUT2D eigenvalue weighted by Gasteiger charge is 2.22. The van der Waals surface area contributed by atoms with Crippen molar-refractivity contribution in [1.82, 2.24) is 9.78 Å². The molecule has 0 fully saturated rings. The second kappa shape index (κ2) is 7.43. The number of sulfonamides is 1. The van der Waals surface area contributed by atoms with E-state index in [0.717, 1.165) is 0 Å². The number of rotatable bonds is 6. The summed E-state index contributed by atoms with van der Waals surface area (Å²) in [6.45, 7) is 0.816. The van der Waals surface area contributed by atoms with Crippen molar-refractivity contribution in [3.05, 3.63) is 60.9 Å². The van der Waals surface area contributed by atoms with Gasteiger partial charge in [0.2, 0.25) is 0 Å². The Labute approximate surface area is 162 Å². The largest absolute Gasteiger partial charge is 0.497 e. The Balaban J connectivity index is 1.43. The molecule has 0 saturated carbocycles. The van der Waals surface area contributed by atoms with Crippen molar-refractivity contribution in [2.75, 3.05) is 18.4 Å². The van der Waals surface area contributed by atoms with Gasteiger partial charge >= 0.3 is 0 Å². The van der Waals surface area contributed by atoms with E-state index in [1.54, 1.807) is 23.0 Å². The molecule has 0 aliphatic carbocycles. The highest BCUT2D eigenvalue weighted by Crippen LogP contribution is 2.31. The molecule has 0 bridgehead atoms. The van der Waals surface area contributed by atoms with E-state index in [4.69, 9.17) is 14.2 Å². The number of methoxy groups -OCH3 is 1. The molecule has 1 atom stereocenters. The molecule has 1 aliphatic rings. The summed E-state index contributed by atoms with van der Waals surface area (Å²) in [6.07, 6.45) is 2.84. The van der Waals surface area contributed by atoms with Crippen LogP contribution in [0.5, 0.6) is 17.2 Å². The van der Waals surface area contributed by atoms with Crippen molar-refractivity contribution in [2.45, 2.75) is 17.5 Å². The average Bonchev–Trinajstić information content (AvgIpc) is 3.14. The highest BCUT2D eigenvalue weighted by molar-refractivity contribution is 7.92. The predicted octanol–water partition coefficient (Wildman–Crippen LogP) is 2.53. The van der Waals surface area contributed by atoms with E-state index in [9.17, 15) is 8.42 Å². The van der Waals surface area contributed by atoms with Crippen molar-refractivity contribution < 1.29 is 22.6 Å². The molecule has 0 amide bonds. The molecule has 1 aromatic heterocycles. The molecule has 0 radical (unpaired) electrons. The van der Waals surface area contributed by atoms with Crippen molar-refractivity contribution in [2.24, 2.45) is 0 Å². The van der Waals surface area contributed by atoms with Crippen LogP contribution in [-0.2, 0) is 16.6 Å². The van der Waals surface area contributed by atoms with Crippen molar-refractivity contribution in [1.29, 1.82) is 0 Å². The van der Waals surface area contributed by atoms with E-state index in [1.807, 2.05) is 24.3 Å². The standard InChI is InChI=1S/C19H19N3O5S/c1-25-15-5-4-6-17(9-15)28(23,24)21-14-10-20-22(11-14)12-16-13-26-18-7-2-3-8-19(18)27-16/h2-11,16,21H,12-13H2,1H3. The summed E-state index contributed by atoms with van der Waals surface area (Å²) in [5, 5.41) is 4.21. The van der Waals surface area contributed by atoms with Gasteiger partial charge in [0.1, 0.15) is 12.4 Å². The van der Waals surface area contributed by atoms with Crippen LogP contribution >= 0.6 is 0 Å². The summed E-state index contributed by atoms with van der Waals surface area (Å²) in [6, 6.07) is 13.7. The van der Waals surface area contributed by atoms with Crippen LogP contribution in [-0.4, -0.2) is 38.0 Å². The third kappa shape index (κ3) is 3.89. The molecule has 2 aromatic carbocycles. The van der Waals surface area contributed by atoms with Gasteiger partial charge in [0.15, 0.2) is 17.6 Å². The molecule has 4 rings (SSSR count). The van der Waals surface area contributed by atoms with Gasteiger partial charge in [0.25, 0.3) is 10.0 Å². The molecule has 2 heterocycles. The first-order chi connectivity index (χ1) is 13.5. The molecule has 0 spiro atoms. The van der Waals surface area contributed by atoms with E-state index in [0.29, 0.717) is 36.1 Å². The summed E-state index contributed by atoms with van der Waals surface area (Å²) in [5.41, 5.74) is 0.361. The third-order valence-electron chi connectivity index (χ3n) is 4.20. The zero-order chi connectivity index (χ0) is 19.6. The van der Waals surface area contributed by atoms with Gasteiger partial charge in [-0.05, 0) is 24.3 Å². The maximum absolute atomic E-state index is 12.6. The summed E-state index contributed by atoms with van der Waals surface area (Å²) >= 11 is 0. The van der Waals surface area contributed by atoms with Gasteiger partial charge in [0.05, 0.1) is 30.4 Å². The minimum Gasteiger partial charge on any atom is -0.497 e. The Hall–Kier alpha value is -3.20. The van der Waals surface area contributed by atoms with Gasteiger partial charge in [0, 0.05) is 12.3 Å². The molecule has 28 heavy (non-hydrogen) atoms. The highest BCUT2D eigenvalue weighted by atomic mass is 32.2. The Kier molecular flexibility index (Phi) is 4.82. The number of benzene rings is 2. The monoisotopic (exact) mass is 401 g/mol. The maximum atomic E-state index is 12.6. The minimum atomic E-state index is -3.74. The van der Waals surface area contributed by atoms with Crippen molar-refractivity contribution >= 4 is 15.7 Å². The molecule has 3 aromatic rings. The Morgan fingerprint density at radius 2 is 2.04 bits per heavy atom. The van der Waals surface area contributed by atoms with Gasteiger partial charge in [-0.15, -0.1) is 0 Å². The molecule has 146 valence electrons. The van der Waals surface area contributed by atoms with Crippen LogP contribution in [0.15, 0.2) is 65.8 Å². The summed E-state index contributed by atoms with van der Waals surface area (Å²) < 4.78 is 45.9. The van der Waals surface area contributed by atoms with Gasteiger partial charge in [-0.25, -0.2) is 8.42 Å². The molecule has 0 saturated heterocycles. The Morgan fingerprint density at radius 1 is 1.21 bits per heavy atom. The number of anilines is 1. The number of ether oxygens (including phenoxy) is 3. The normalized spacial score (nSPS) is 15.8. The lowest BCUT2D eigenvalue weighted by molar-refractivity contribution is 0.0759. The van der Waals surface area contributed by atoms with Crippen LogP contribution in [0.4, 0.5) is 5.69 Å². The lowest BCUT2D eigenvalue weighted by atomic mass is 10.2. The first-order valence-corrected chi connectivity index (χ1v) is 10.1. The minimum absolute atomic E-state index is 0.111. The third-order valence-corrected chi connectivity index (χ3v) is 5.57. The summed E-state index contributed by atoms with van der Waals surface area (Å²) in [7, 11) is -2.26. The van der Waals surface area contributed by atoms with Crippen LogP contribution in [0.2, 0.25) is 0 Å². The van der Waals surface area contributed by atoms with Crippen LogP contribution in [0.3, 0.4) is 0 Å². The van der Waals surface area contributed by atoms with Crippen molar-refractivity contribution in [3.8, 4) is 17.2 Å². The Morgan fingerprint density at radius 3 is 2.86 bits per heavy atom. The van der Waals surface area contributed by atoms with Gasteiger partial charge in [-0.2, -0.15) is 5.10 Å². The quantitative estimate of drug-likeness (QED) is 0.683. The smallest absolute Gasteiger partial charge is 0.262 e. The lowest BCUT2D eigenvalue weighted by Gasteiger charge is -2.26. The SMILES string of the molecule is COc1cccc(S(=O)(=O)Nc2cnn(CC3COc4ccccc4O3)c2)c1. The maximum Gasteiger partial charge on any atom is 0.262 e. The molecule has 1 aliphatic heterocycles. The number of fused-ring (bicyclic) bond motifs is 1. The fourth-order valence-electron chi connectivity index (χ4n) is 2.86. The van der Waals surface area contributed by atoms with Crippen LogP contribution in [0.1, 0.15) is 0 Å². The fraction of sp³-hybridized carbons (Fsp3) is 0.211. The van der Waals surface area contributed by atoms with Crippen molar-refractivity contribution in [3.63, 3.8) is 0 Å². The van der Waals surface area contributed by atoms with Crippen LogP contribution < -0.4 is 18.9 Å². The number of nitrogens with one attached hydrogen (secondary N) is 1. The van der Waals surface area contributed by atoms with E-state index < -0.39 is 10.0 Å². The zero-order valence-corrected chi connectivity index (χ0v) is 15.9. The average molecular weight is 401 g/mol. The number of para-hydroxylation sites is 2. The number of hydrogen-bond donors (Lipinski definition) is 1. The summed E-state index contributed by atoms with van der Waals surface area (Å²) in [5.74, 6) is 1.86. The second-order valence-electron chi connectivity index (χ2n) is 6.23. The summed E-state index contributed by atoms with van der Waals surface area (Å²) in [4.78, 5) is 0.111. The van der Waals surface area contributed by atoms with Crippen LogP contribution in [0, 0.1) is 0 Å². The molecule has 1 N–H and O–H groups in total. The van der Waals surface area contributed by atoms with E-state index in [1.165, 1.54) is 25.4 Å².